The molecule has 0 radical (unpaired) electrons. The maximum absolute atomic E-state index is 9.62. The van der Waals surface area contributed by atoms with Gasteiger partial charge in [0.2, 0.25) is 0 Å². The Morgan fingerprint density at radius 2 is 2.38 bits per heavy atom. The van der Waals surface area contributed by atoms with Crippen LogP contribution >= 0.6 is 11.5 Å². The lowest BCUT2D eigenvalue weighted by Crippen LogP contribution is -2.07. The molecule has 0 saturated heterocycles. The highest BCUT2D eigenvalue weighted by atomic mass is 32.1. The fourth-order valence-corrected chi connectivity index (χ4v) is 1.57. The zero-order valence-electron chi connectivity index (χ0n) is 7.86. The molecular formula is C8H14N2O2S. The van der Waals surface area contributed by atoms with Gasteiger partial charge in [-0.3, -0.25) is 0 Å². The minimum absolute atomic E-state index is 0.332. The fourth-order valence-electron chi connectivity index (χ4n) is 0.958. The molecule has 74 valence electrons. The summed E-state index contributed by atoms with van der Waals surface area (Å²) in [6.07, 6.45) is 0.388. The average Bonchev–Trinajstić information content (AvgIpc) is 2.52. The molecule has 1 heterocycles. The van der Waals surface area contributed by atoms with E-state index in [1.807, 2.05) is 13.8 Å². The Morgan fingerprint density at radius 1 is 1.62 bits per heavy atom. The number of ether oxygens (including phenoxy) is 1. The summed E-state index contributed by atoms with van der Waals surface area (Å²) in [6.45, 7) is 4.88. The van der Waals surface area contributed by atoms with Gasteiger partial charge in [-0.2, -0.15) is 0 Å². The summed E-state index contributed by atoms with van der Waals surface area (Å²) in [4.78, 5) is 0.802. The first-order valence-corrected chi connectivity index (χ1v) is 5.07. The fraction of sp³-hybridized carbons (Fsp3) is 0.750. The minimum Gasteiger partial charge on any atom is -0.385 e. The summed E-state index contributed by atoms with van der Waals surface area (Å²) in [6, 6.07) is 0. The quantitative estimate of drug-likeness (QED) is 0.731. The number of hydrogen-bond donors (Lipinski definition) is 1. The molecule has 1 aromatic heterocycles. The van der Waals surface area contributed by atoms with Gasteiger partial charge in [-0.15, -0.1) is 5.10 Å². The summed E-state index contributed by atoms with van der Waals surface area (Å²) in [5.74, 6) is 0. The molecule has 0 saturated carbocycles. The van der Waals surface area contributed by atoms with Gasteiger partial charge < -0.3 is 9.84 Å². The van der Waals surface area contributed by atoms with Crippen molar-refractivity contribution in [1.29, 1.82) is 0 Å². The predicted molar refractivity (Wildman–Crippen MR) is 50.7 cm³/mol. The van der Waals surface area contributed by atoms with Crippen LogP contribution in [-0.2, 0) is 4.74 Å². The summed E-state index contributed by atoms with van der Waals surface area (Å²) < 4.78 is 8.97. The van der Waals surface area contributed by atoms with Crippen molar-refractivity contribution >= 4 is 11.5 Å². The monoisotopic (exact) mass is 202 g/mol. The first-order valence-electron chi connectivity index (χ1n) is 4.30. The van der Waals surface area contributed by atoms with Crippen LogP contribution < -0.4 is 0 Å². The Kier molecular flexibility index (Phi) is 4.27. The third-order valence-corrected chi connectivity index (χ3v) is 2.54. The molecule has 0 amide bonds. The van der Waals surface area contributed by atoms with Crippen LogP contribution in [0, 0.1) is 6.92 Å². The summed E-state index contributed by atoms with van der Waals surface area (Å²) in [5.41, 5.74) is 0.789. The van der Waals surface area contributed by atoms with Gasteiger partial charge in [0.15, 0.2) is 0 Å². The molecule has 1 N–H and O–H groups in total. The molecule has 4 nitrogen and oxygen atoms in total. The van der Waals surface area contributed by atoms with Crippen molar-refractivity contribution in [3.05, 3.63) is 10.6 Å². The first-order chi connectivity index (χ1) is 6.25. The maximum Gasteiger partial charge on any atom is 0.115 e. The normalized spacial score (nSPS) is 13.2. The Hall–Kier alpha value is -0.520. The van der Waals surface area contributed by atoms with E-state index in [4.69, 9.17) is 4.74 Å². The van der Waals surface area contributed by atoms with Crippen molar-refractivity contribution in [3.8, 4) is 0 Å². The number of nitrogens with zero attached hydrogens (tertiary/aromatic N) is 2. The van der Waals surface area contributed by atoms with Gasteiger partial charge >= 0.3 is 0 Å². The number of aliphatic hydroxyl groups is 1. The second-order valence-electron chi connectivity index (χ2n) is 2.81. The highest BCUT2D eigenvalue weighted by molar-refractivity contribution is 7.05. The van der Waals surface area contributed by atoms with Crippen LogP contribution in [0.4, 0.5) is 0 Å². The number of aryl methyl sites for hydroxylation is 1. The van der Waals surface area contributed by atoms with Crippen LogP contribution in [0.5, 0.6) is 0 Å². The van der Waals surface area contributed by atoms with Crippen LogP contribution in [-0.4, -0.2) is 27.9 Å². The number of aromatic nitrogens is 2. The van der Waals surface area contributed by atoms with Crippen LogP contribution in [0.25, 0.3) is 0 Å². The van der Waals surface area contributed by atoms with Gasteiger partial charge in [0.05, 0.1) is 17.2 Å². The zero-order valence-corrected chi connectivity index (χ0v) is 8.67. The summed E-state index contributed by atoms with van der Waals surface area (Å²) in [5, 5.41) is 13.4. The van der Waals surface area contributed by atoms with Crippen LogP contribution in [0.2, 0.25) is 0 Å². The second-order valence-corrected chi connectivity index (χ2v) is 3.60. The third-order valence-electron chi connectivity index (χ3n) is 1.61. The molecule has 0 spiro atoms. The molecule has 5 heteroatoms. The van der Waals surface area contributed by atoms with E-state index in [9.17, 15) is 5.11 Å². The SMILES string of the molecule is CCCOCC(O)c1snnc1C. The smallest absolute Gasteiger partial charge is 0.115 e. The van der Waals surface area contributed by atoms with Crippen molar-refractivity contribution in [2.45, 2.75) is 26.4 Å². The van der Waals surface area contributed by atoms with Crippen molar-refractivity contribution in [1.82, 2.24) is 9.59 Å². The summed E-state index contributed by atoms with van der Waals surface area (Å²) in [7, 11) is 0. The van der Waals surface area contributed by atoms with Crippen molar-refractivity contribution in [3.63, 3.8) is 0 Å². The predicted octanol–water partition coefficient (Wildman–Crippen LogP) is 1.31. The average molecular weight is 202 g/mol. The van der Waals surface area contributed by atoms with E-state index in [0.29, 0.717) is 13.2 Å². The molecular weight excluding hydrogens is 188 g/mol. The molecule has 0 bridgehead atoms. The Morgan fingerprint density at radius 3 is 2.92 bits per heavy atom. The Balaban J connectivity index is 2.39. The van der Waals surface area contributed by atoms with E-state index in [-0.39, 0.29) is 0 Å². The van der Waals surface area contributed by atoms with Crippen LogP contribution in [0.1, 0.15) is 30.0 Å². The topological polar surface area (TPSA) is 55.2 Å². The highest BCUT2D eigenvalue weighted by Crippen LogP contribution is 2.19. The lowest BCUT2D eigenvalue weighted by atomic mass is 10.3. The van der Waals surface area contributed by atoms with Gasteiger partial charge in [-0.05, 0) is 24.9 Å². The molecule has 1 atom stereocenters. The standard InChI is InChI=1S/C8H14N2O2S/c1-3-4-12-5-7(11)8-6(2)9-10-13-8/h7,11H,3-5H2,1-2H3. The highest BCUT2D eigenvalue weighted by Gasteiger charge is 2.13. The number of aliphatic hydroxyl groups excluding tert-OH is 1. The molecule has 0 aliphatic carbocycles. The van der Waals surface area contributed by atoms with E-state index < -0.39 is 6.10 Å². The van der Waals surface area contributed by atoms with Crippen LogP contribution in [0.3, 0.4) is 0 Å². The number of rotatable bonds is 5. The Bertz CT molecular complexity index is 252. The molecule has 0 fully saturated rings. The largest absolute Gasteiger partial charge is 0.385 e. The van der Waals surface area contributed by atoms with Crippen molar-refractivity contribution in [2.75, 3.05) is 13.2 Å². The van der Waals surface area contributed by atoms with Crippen molar-refractivity contribution < 1.29 is 9.84 Å². The molecule has 13 heavy (non-hydrogen) atoms. The van der Waals surface area contributed by atoms with Gasteiger partial charge in [0.25, 0.3) is 0 Å². The second kappa shape index (κ2) is 5.26. The van der Waals surface area contributed by atoms with E-state index in [2.05, 4.69) is 9.59 Å². The Labute approximate surface area is 81.7 Å². The van der Waals surface area contributed by atoms with Crippen molar-refractivity contribution in [2.24, 2.45) is 0 Å². The third kappa shape index (κ3) is 3.02. The number of hydrogen-bond acceptors (Lipinski definition) is 5. The van der Waals surface area contributed by atoms with Gasteiger partial charge in [-0.1, -0.05) is 11.4 Å². The lowest BCUT2D eigenvalue weighted by molar-refractivity contribution is 0.0378. The van der Waals surface area contributed by atoms with Crippen LogP contribution in [0.15, 0.2) is 0 Å². The zero-order chi connectivity index (χ0) is 9.68. The molecule has 0 aromatic carbocycles. The van der Waals surface area contributed by atoms with E-state index in [1.54, 1.807) is 0 Å². The van der Waals surface area contributed by atoms with Gasteiger partial charge in [0.1, 0.15) is 6.10 Å². The molecule has 0 aliphatic rings. The molecule has 1 rings (SSSR count). The molecule has 1 aromatic rings. The van der Waals surface area contributed by atoms with Gasteiger partial charge in [0, 0.05) is 6.61 Å². The maximum atomic E-state index is 9.62. The summed E-state index contributed by atoms with van der Waals surface area (Å²) >= 11 is 1.22. The van der Waals surface area contributed by atoms with Gasteiger partial charge in [-0.25, -0.2) is 0 Å². The van der Waals surface area contributed by atoms with E-state index in [0.717, 1.165) is 17.0 Å². The minimum atomic E-state index is -0.577. The van der Waals surface area contributed by atoms with E-state index in [1.165, 1.54) is 11.5 Å². The molecule has 1 unspecified atom stereocenters. The molecule has 0 aliphatic heterocycles. The first kappa shape index (κ1) is 10.6. The lowest BCUT2D eigenvalue weighted by Gasteiger charge is -2.08. The van der Waals surface area contributed by atoms with E-state index >= 15 is 0 Å².